The third-order valence-electron chi connectivity index (χ3n) is 3.77. The molecule has 0 heterocycles. The van der Waals surface area contributed by atoms with Crippen molar-refractivity contribution in [3.05, 3.63) is 71.8 Å². The Hall–Kier alpha value is -2.99. The zero-order valence-corrected chi connectivity index (χ0v) is 15.3. The molecule has 6 nitrogen and oxygen atoms in total. The number of Topliss-reactive ketones (excluding diaryl/α,β-unsaturated/α-hetero) is 1. The fraction of sp³-hybridized carbons (Fsp3) is 0.286. The molecule has 0 fully saturated rings. The predicted molar refractivity (Wildman–Crippen MR) is 97.6 cm³/mol. The summed E-state index contributed by atoms with van der Waals surface area (Å²) in [6, 6.07) is 17.8. The first-order valence-electron chi connectivity index (χ1n) is 8.49. The Morgan fingerprint density at radius 1 is 0.889 bits per heavy atom. The van der Waals surface area contributed by atoms with E-state index in [2.05, 4.69) is 0 Å². The molecule has 0 aliphatic carbocycles. The third-order valence-corrected chi connectivity index (χ3v) is 3.77. The summed E-state index contributed by atoms with van der Waals surface area (Å²) in [6.45, 7) is 1.34. The minimum absolute atomic E-state index is 0.0258. The molecule has 2 atom stereocenters. The van der Waals surface area contributed by atoms with E-state index in [0.29, 0.717) is 5.56 Å². The van der Waals surface area contributed by atoms with Crippen LogP contribution in [0.1, 0.15) is 30.6 Å². The van der Waals surface area contributed by atoms with Gasteiger partial charge in [0.1, 0.15) is 12.4 Å². The van der Waals surface area contributed by atoms with Crippen LogP contribution in [0.4, 0.5) is 0 Å². The number of carbonyl (C=O) groups excluding carboxylic acids is 3. The molecule has 0 radical (unpaired) electrons. The summed E-state index contributed by atoms with van der Waals surface area (Å²) in [5.41, 5.74) is 1.38. The minimum atomic E-state index is -1.32. The van der Waals surface area contributed by atoms with E-state index in [9.17, 15) is 14.4 Å². The Labute approximate surface area is 158 Å². The first-order valence-corrected chi connectivity index (χ1v) is 8.49. The Bertz CT molecular complexity index is 757. The number of ketones is 1. The van der Waals surface area contributed by atoms with E-state index in [-0.39, 0.29) is 18.8 Å². The molecular weight excluding hydrogens is 348 g/mol. The van der Waals surface area contributed by atoms with Crippen LogP contribution in [-0.2, 0) is 35.2 Å². The first kappa shape index (κ1) is 20.3. The van der Waals surface area contributed by atoms with E-state index in [1.54, 1.807) is 42.5 Å². The van der Waals surface area contributed by atoms with Gasteiger partial charge in [0.25, 0.3) is 0 Å². The Balaban J connectivity index is 2.04. The smallest absolute Gasteiger partial charge is 0.348 e. The lowest BCUT2D eigenvalue weighted by atomic mass is 10.1. The fourth-order valence-electron chi connectivity index (χ4n) is 2.45. The van der Waals surface area contributed by atoms with Crippen molar-refractivity contribution >= 4 is 17.7 Å². The lowest BCUT2D eigenvalue weighted by molar-refractivity contribution is -0.176. The zero-order chi connectivity index (χ0) is 19.6. The molecule has 2 aromatic carbocycles. The number of rotatable bonds is 9. The van der Waals surface area contributed by atoms with Crippen LogP contribution in [-0.4, -0.2) is 30.9 Å². The van der Waals surface area contributed by atoms with Gasteiger partial charge in [-0.2, -0.15) is 0 Å². The summed E-state index contributed by atoms with van der Waals surface area (Å²) in [7, 11) is 1.37. The number of methoxy groups -OCH3 is 1. The maximum Gasteiger partial charge on any atom is 0.348 e. The molecule has 27 heavy (non-hydrogen) atoms. The van der Waals surface area contributed by atoms with Gasteiger partial charge in [0.2, 0.25) is 6.10 Å². The van der Waals surface area contributed by atoms with Crippen LogP contribution in [0.2, 0.25) is 0 Å². The van der Waals surface area contributed by atoms with Crippen molar-refractivity contribution in [3.63, 3.8) is 0 Å². The van der Waals surface area contributed by atoms with Gasteiger partial charge >= 0.3 is 11.9 Å². The monoisotopic (exact) mass is 370 g/mol. The molecule has 2 unspecified atom stereocenters. The average Bonchev–Trinajstić information content (AvgIpc) is 2.67. The first-order chi connectivity index (χ1) is 13.0. The maximum atomic E-state index is 12.5. The van der Waals surface area contributed by atoms with Gasteiger partial charge in [-0.1, -0.05) is 60.7 Å². The summed E-state index contributed by atoms with van der Waals surface area (Å²) in [5, 5.41) is 0. The van der Waals surface area contributed by atoms with Gasteiger partial charge < -0.3 is 14.2 Å². The van der Waals surface area contributed by atoms with Gasteiger partial charge in [0, 0.05) is 7.11 Å². The molecule has 6 heteroatoms. The van der Waals surface area contributed by atoms with Crippen LogP contribution < -0.4 is 0 Å². The van der Waals surface area contributed by atoms with Crippen molar-refractivity contribution in [1.82, 2.24) is 0 Å². The molecule has 0 aromatic heterocycles. The quantitative estimate of drug-likeness (QED) is 0.632. The fourth-order valence-corrected chi connectivity index (χ4v) is 2.45. The lowest BCUT2D eigenvalue weighted by Gasteiger charge is -2.20. The second-order valence-electron chi connectivity index (χ2n) is 5.95. The Morgan fingerprint density at radius 2 is 1.48 bits per heavy atom. The molecule has 2 rings (SSSR count). The molecular formula is C21H22O6. The molecule has 0 saturated heterocycles. The predicted octanol–water partition coefficient (Wildman–Crippen LogP) is 3.01. The average molecular weight is 370 g/mol. The SMILES string of the molecule is COC(C(=O)OC(CC(C)=O)C(=O)OCc1ccccc1)c1ccccc1. The second-order valence-corrected chi connectivity index (χ2v) is 5.95. The van der Waals surface area contributed by atoms with Crippen LogP contribution in [0.5, 0.6) is 0 Å². The van der Waals surface area contributed by atoms with Crippen LogP contribution >= 0.6 is 0 Å². The molecule has 0 aliphatic heterocycles. The van der Waals surface area contributed by atoms with Gasteiger partial charge in [-0.3, -0.25) is 4.79 Å². The molecule has 0 bridgehead atoms. The van der Waals surface area contributed by atoms with E-state index in [1.165, 1.54) is 14.0 Å². The van der Waals surface area contributed by atoms with Gasteiger partial charge in [-0.05, 0) is 18.1 Å². The van der Waals surface area contributed by atoms with Crippen LogP contribution in [0.25, 0.3) is 0 Å². The highest BCUT2D eigenvalue weighted by atomic mass is 16.6. The largest absolute Gasteiger partial charge is 0.458 e. The second kappa shape index (κ2) is 10.2. The summed E-state index contributed by atoms with van der Waals surface area (Å²) in [4.78, 5) is 36.3. The van der Waals surface area contributed by atoms with Gasteiger partial charge in [0.15, 0.2) is 6.10 Å². The zero-order valence-electron chi connectivity index (χ0n) is 15.3. The van der Waals surface area contributed by atoms with Crippen LogP contribution in [0, 0.1) is 0 Å². The van der Waals surface area contributed by atoms with Gasteiger partial charge in [0.05, 0.1) is 6.42 Å². The van der Waals surface area contributed by atoms with E-state index in [1.807, 2.05) is 18.2 Å². The highest BCUT2D eigenvalue weighted by molar-refractivity contribution is 5.87. The molecule has 0 spiro atoms. The van der Waals surface area contributed by atoms with Crippen molar-refractivity contribution in [2.75, 3.05) is 7.11 Å². The van der Waals surface area contributed by atoms with Crippen molar-refractivity contribution < 1.29 is 28.6 Å². The van der Waals surface area contributed by atoms with Crippen molar-refractivity contribution in [1.29, 1.82) is 0 Å². The van der Waals surface area contributed by atoms with Gasteiger partial charge in [-0.25, -0.2) is 9.59 Å². The van der Waals surface area contributed by atoms with Gasteiger partial charge in [-0.15, -0.1) is 0 Å². The number of benzene rings is 2. The maximum absolute atomic E-state index is 12.5. The topological polar surface area (TPSA) is 78.9 Å². The molecule has 0 aliphatic rings. The lowest BCUT2D eigenvalue weighted by Crippen LogP contribution is -2.33. The molecule has 0 amide bonds. The van der Waals surface area contributed by atoms with Crippen molar-refractivity contribution in [3.8, 4) is 0 Å². The standard InChI is InChI=1S/C21H22O6/c1-15(22)13-18(20(23)26-14-16-9-5-3-6-10-16)27-21(24)19(25-2)17-11-7-4-8-12-17/h3-12,18-19H,13-14H2,1-2H3. The summed E-state index contributed by atoms with van der Waals surface area (Å²) < 4.78 is 15.7. The number of carbonyl (C=O) groups is 3. The van der Waals surface area contributed by atoms with Crippen molar-refractivity contribution in [2.45, 2.75) is 32.2 Å². The number of esters is 2. The van der Waals surface area contributed by atoms with E-state index >= 15 is 0 Å². The van der Waals surface area contributed by atoms with E-state index < -0.39 is 24.1 Å². The van der Waals surface area contributed by atoms with Crippen LogP contribution in [0.15, 0.2) is 60.7 Å². The van der Waals surface area contributed by atoms with Crippen LogP contribution in [0.3, 0.4) is 0 Å². The molecule has 2 aromatic rings. The summed E-state index contributed by atoms with van der Waals surface area (Å²) >= 11 is 0. The molecule has 142 valence electrons. The highest BCUT2D eigenvalue weighted by Crippen LogP contribution is 2.20. The van der Waals surface area contributed by atoms with Crippen molar-refractivity contribution in [2.24, 2.45) is 0 Å². The van der Waals surface area contributed by atoms with E-state index in [0.717, 1.165) is 5.56 Å². The van der Waals surface area contributed by atoms with E-state index in [4.69, 9.17) is 14.2 Å². The Morgan fingerprint density at radius 3 is 2.04 bits per heavy atom. The molecule has 0 saturated carbocycles. The number of hydrogen-bond acceptors (Lipinski definition) is 6. The minimum Gasteiger partial charge on any atom is -0.458 e. The summed E-state index contributed by atoms with van der Waals surface area (Å²) in [6.07, 6.45) is -2.58. The highest BCUT2D eigenvalue weighted by Gasteiger charge is 2.30. The Kier molecular flexibility index (Phi) is 7.70. The number of hydrogen-bond donors (Lipinski definition) is 0. The molecule has 0 N–H and O–H groups in total. The summed E-state index contributed by atoms with van der Waals surface area (Å²) in [5.74, 6) is -1.82. The normalized spacial score (nSPS) is 12.7. The number of ether oxygens (including phenoxy) is 3. The third kappa shape index (κ3) is 6.34.